The molecule has 0 saturated heterocycles. The summed E-state index contributed by atoms with van der Waals surface area (Å²) in [6.07, 6.45) is 3.47. The molecule has 0 aliphatic carbocycles. The van der Waals surface area contributed by atoms with Crippen LogP contribution in [0.5, 0.6) is 5.75 Å². The van der Waals surface area contributed by atoms with Gasteiger partial charge in [0.2, 0.25) is 10.0 Å². The number of aromatic nitrogens is 1. The highest BCUT2D eigenvalue weighted by molar-refractivity contribution is 7.89. The van der Waals surface area contributed by atoms with Gasteiger partial charge in [-0.25, -0.2) is 13.1 Å². The van der Waals surface area contributed by atoms with E-state index in [9.17, 15) is 13.2 Å². The number of nitrogens with zero attached hydrogens (tertiary/aromatic N) is 1. The van der Waals surface area contributed by atoms with E-state index in [2.05, 4.69) is 15.0 Å². The van der Waals surface area contributed by atoms with Crippen LogP contribution in [0.1, 0.15) is 40.0 Å². The second kappa shape index (κ2) is 9.72. The van der Waals surface area contributed by atoms with Crippen LogP contribution in [0.4, 0.5) is 0 Å². The summed E-state index contributed by atoms with van der Waals surface area (Å²) < 4.78 is 32.1. The summed E-state index contributed by atoms with van der Waals surface area (Å²) in [5.74, 6) is 0.377. The molecule has 8 heteroatoms. The maximum Gasteiger partial charge on any atom is 0.252 e. The maximum atomic E-state index is 12.8. The van der Waals surface area contributed by atoms with Crippen molar-refractivity contribution < 1.29 is 17.9 Å². The zero-order chi connectivity index (χ0) is 22.4. The van der Waals surface area contributed by atoms with E-state index in [0.717, 1.165) is 11.1 Å². The van der Waals surface area contributed by atoms with Gasteiger partial charge in [-0.2, -0.15) is 0 Å². The lowest BCUT2D eigenvalue weighted by Gasteiger charge is -2.16. The third kappa shape index (κ3) is 5.68. The standard InChI is InChI=1S/C23H25N3O4S/c1-16-6-11-21(31(28,29)24-3)13-22(16)23(27)26-17(2)19-7-9-20(10-8-19)30-15-18-5-4-12-25-14-18/h4-14,17,24H,15H2,1-3H3,(H,26,27). The Morgan fingerprint density at radius 3 is 2.52 bits per heavy atom. The predicted octanol–water partition coefficient (Wildman–Crippen LogP) is 3.37. The van der Waals surface area contributed by atoms with Crippen LogP contribution < -0.4 is 14.8 Å². The molecule has 0 saturated carbocycles. The van der Waals surface area contributed by atoms with E-state index in [1.165, 1.54) is 19.2 Å². The van der Waals surface area contributed by atoms with Gasteiger partial charge in [0.05, 0.1) is 10.9 Å². The Morgan fingerprint density at radius 1 is 1.13 bits per heavy atom. The highest BCUT2D eigenvalue weighted by Gasteiger charge is 2.18. The van der Waals surface area contributed by atoms with Gasteiger partial charge < -0.3 is 10.1 Å². The normalized spacial score (nSPS) is 12.2. The molecular formula is C23H25N3O4S. The average molecular weight is 440 g/mol. The first-order chi connectivity index (χ1) is 14.8. The number of hydrogen-bond acceptors (Lipinski definition) is 5. The van der Waals surface area contributed by atoms with Crippen LogP contribution in [-0.2, 0) is 16.6 Å². The van der Waals surface area contributed by atoms with Crippen molar-refractivity contribution in [1.29, 1.82) is 0 Å². The summed E-state index contributed by atoms with van der Waals surface area (Å²) in [7, 11) is -2.30. The van der Waals surface area contributed by atoms with E-state index in [1.54, 1.807) is 25.4 Å². The second-order valence-electron chi connectivity index (χ2n) is 7.10. The molecule has 162 valence electrons. The first-order valence-electron chi connectivity index (χ1n) is 9.77. The average Bonchev–Trinajstić information content (AvgIpc) is 2.78. The highest BCUT2D eigenvalue weighted by Crippen LogP contribution is 2.20. The van der Waals surface area contributed by atoms with E-state index in [-0.39, 0.29) is 16.8 Å². The largest absolute Gasteiger partial charge is 0.489 e. The molecule has 2 N–H and O–H groups in total. The van der Waals surface area contributed by atoms with Gasteiger partial charge in [-0.1, -0.05) is 24.3 Å². The van der Waals surface area contributed by atoms with Crippen molar-refractivity contribution >= 4 is 15.9 Å². The van der Waals surface area contributed by atoms with Crippen LogP contribution in [0.2, 0.25) is 0 Å². The minimum absolute atomic E-state index is 0.0496. The first kappa shape index (κ1) is 22.5. The lowest BCUT2D eigenvalue weighted by atomic mass is 10.1. The van der Waals surface area contributed by atoms with Crippen molar-refractivity contribution in [3.8, 4) is 5.75 Å². The molecule has 31 heavy (non-hydrogen) atoms. The SMILES string of the molecule is CNS(=O)(=O)c1ccc(C)c(C(=O)NC(C)c2ccc(OCc3cccnc3)cc2)c1. The van der Waals surface area contributed by atoms with Gasteiger partial charge in [0.1, 0.15) is 12.4 Å². The third-order valence-electron chi connectivity index (χ3n) is 4.89. The number of pyridine rings is 1. The fourth-order valence-electron chi connectivity index (χ4n) is 2.99. The van der Waals surface area contributed by atoms with E-state index < -0.39 is 10.0 Å². The highest BCUT2D eigenvalue weighted by atomic mass is 32.2. The Labute approximate surface area is 182 Å². The van der Waals surface area contributed by atoms with Gasteiger partial charge >= 0.3 is 0 Å². The Kier molecular flexibility index (Phi) is 7.04. The van der Waals surface area contributed by atoms with Crippen molar-refractivity contribution in [3.63, 3.8) is 0 Å². The van der Waals surface area contributed by atoms with Crippen molar-refractivity contribution in [2.45, 2.75) is 31.4 Å². The van der Waals surface area contributed by atoms with Crippen LogP contribution in [0, 0.1) is 6.92 Å². The Morgan fingerprint density at radius 2 is 1.87 bits per heavy atom. The molecule has 3 rings (SSSR count). The van der Waals surface area contributed by atoms with Crippen LogP contribution in [-0.4, -0.2) is 26.4 Å². The summed E-state index contributed by atoms with van der Waals surface area (Å²) in [4.78, 5) is 16.9. The zero-order valence-electron chi connectivity index (χ0n) is 17.6. The van der Waals surface area contributed by atoms with Crippen molar-refractivity contribution in [3.05, 3.63) is 89.2 Å². The maximum absolute atomic E-state index is 12.8. The number of rotatable bonds is 8. The van der Waals surface area contributed by atoms with Gasteiger partial charge in [-0.15, -0.1) is 0 Å². The number of sulfonamides is 1. The Bertz CT molecular complexity index is 1150. The van der Waals surface area contributed by atoms with Crippen molar-refractivity contribution in [2.24, 2.45) is 0 Å². The second-order valence-corrected chi connectivity index (χ2v) is 8.98. The molecule has 0 bridgehead atoms. The molecule has 0 aliphatic rings. The van der Waals surface area contributed by atoms with Crippen molar-refractivity contribution in [2.75, 3.05) is 7.05 Å². The van der Waals surface area contributed by atoms with Crippen LogP contribution >= 0.6 is 0 Å². The lowest BCUT2D eigenvalue weighted by molar-refractivity contribution is 0.0939. The lowest BCUT2D eigenvalue weighted by Crippen LogP contribution is -2.28. The Balaban J connectivity index is 1.66. The summed E-state index contributed by atoms with van der Waals surface area (Å²) in [6.45, 7) is 4.06. The van der Waals surface area contributed by atoms with E-state index in [0.29, 0.717) is 23.5 Å². The number of benzene rings is 2. The van der Waals surface area contributed by atoms with Gasteiger partial charge in [0.25, 0.3) is 5.91 Å². The number of aryl methyl sites for hydroxylation is 1. The molecule has 2 aromatic carbocycles. The molecule has 0 aliphatic heterocycles. The molecule has 1 atom stereocenters. The molecule has 1 aromatic heterocycles. The monoisotopic (exact) mass is 439 g/mol. The van der Waals surface area contributed by atoms with E-state index in [4.69, 9.17) is 4.74 Å². The van der Waals surface area contributed by atoms with Gasteiger partial charge in [-0.05, 0) is 62.4 Å². The van der Waals surface area contributed by atoms with E-state index in [1.807, 2.05) is 43.3 Å². The summed E-state index contributed by atoms with van der Waals surface area (Å²) in [5, 5.41) is 2.92. The summed E-state index contributed by atoms with van der Waals surface area (Å²) in [5.41, 5.74) is 2.89. The first-order valence-corrected chi connectivity index (χ1v) is 11.2. The zero-order valence-corrected chi connectivity index (χ0v) is 18.4. The molecule has 3 aromatic rings. The minimum atomic E-state index is -3.63. The fourth-order valence-corrected chi connectivity index (χ4v) is 3.75. The summed E-state index contributed by atoms with van der Waals surface area (Å²) >= 11 is 0. The number of amides is 1. The van der Waals surface area contributed by atoms with Crippen LogP contribution in [0.25, 0.3) is 0 Å². The molecule has 1 heterocycles. The number of hydrogen-bond donors (Lipinski definition) is 2. The molecule has 7 nitrogen and oxygen atoms in total. The number of ether oxygens (including phenoxy) is 1. The predicted molar refractivity (Wildman–Crippen MR) is 118 cm³/mol. The molecule has 0 radical (unpaired) electrons. The summed E-state index contributed by atoms with van der Waals surface area (Å²) in [6, 6.07) is 15.5. The van der Waals surface area contributed by atoms with E-state index >= 15 is 0 Å². The topological polar surface area (TPSA) is 97.4 Å². The number of carbonyl (C=O) groups is 1. The fraction of sp³-hybridized carbons (Fsp3) is 0.217. The number of carbonyl (C=O) groups excluding carboxylic acids is 1. The molecule has 1 amide bonds. The van der Waals surface area contributed by atoms with Gasteiger partial charge in [0, 0.05) is 23.5 Å². The van der Waals surface area contributed by atoms with Crippen molar-refractivity contribution in [1.82, 2.24) is 15.0 Å². The smallest absolute Gasteiger partial charge is 0.252 e. The molecule has 1 unspecified atom stereocenters. The quantitative estimate of drug-likeness (QED) is 0.561. The van der Waals surface area contributed by atoms with Crippen LogP contribution in [0.15, 0.2) is 71.9 Å². The third-order valence-corrected chi connectivity index (χ3v) is 6.30. The minimum Gasteiger partial charge on any atom is -0.489 e. The molecule has 0 fully saturated rings. The Hall–Kier alpha value is -3.23. The molecular weight excluding hydrogens is 414 g/mol. The van der Waals surface area contributed by atoms with Gasteiger partial charge in [0.15, 0.2) is 0 Å². The van der Waals surface area contributed by atoms with Crippen LogP contribution in [0.3, 0.4) is 0 Å². The number of nitrogens with one attached hydrogen (secondary N) is 2. The van der Waals surface area contributed by atoms with Gasteiger partial charge in [-0.3, -0.25) is 9.78 Å². The molecule has 0 spiro atoms.